The molecule has 2 N–H and O–H groups in total. The SMILES string of the molecule is COc1ccc([C@@]23C(=O)N(Nc4ccc(Cl)cc4Cl)C(=O)[C@@H]2C[C@@H]2C(=CC[C@@H]4C(=O)N(Cc5ccccc5)C(=O)[C@@H]42)[C@@H]3c2c(OC)cc(O)cc2OC)cc1. The van der Waals surface area contributed by atoms with Crippen LogP contribution >= 0.6 is 23.2 Å². The molecule has 4 aromatic rings. The minimum absolute atomic E-state index is 0.0769. The molecule has 11 nitrogen and oxygen atoms in total. The Morgan fingerprint density at radius 3 is 2.15 bits per heavy atom. The Bertz CT molecular complexity index is 2240. The summed E-state index contributed by atoms with van der Waals surface area (Å²) in [4.78, 5) is 60.6. The molecule has 2 saturated heterocycles. The van der Waals surface area contributed by atoms with E-state index >= 15 is 9.59 Å². The predicted molar refractivity (Wildman–Crippen MR) is 204 cm³/mol. The van der Waals surface area contributed by atoms with Crippen LogP contribution in [0, 0.1) is 23.7 Å². The van der Waals surface area contributed by atoms with Gasteiger partial charge in [-0.25, -0.2) is 0 Å². The number of hydrazine groups is 1. The molecule has 2 aliphatic carbocycles. The van der Waals surface area contributed by atoms with E-state index in [9.17, 15) is 14.7 Å². The number of imide groups is 2. The number of benzene rings is 4. The van der Waals surface area contributed by atoms with Gasteiger partial charge < -0.3 is 19.3 Å². The maximum absolute atomic E-state index is 15.6. The Hall–Kier alpha value is -5.52. The van der Waals surface area contributed by atoms with Crippen LogP contribution in [-0.4, -0.2) is 60.0 Å². The van der Waals surface area contributed by atoms with Crippen molar-refractivity contribution in [1.82, 2.24) is 9.91 Å². The van der Waals surface area contributed by atoms with Crippen LogP contribution in [0.5, 0.6) is 23.0 Å². The zero-order valence-corrected chi connectivity index (χ0v) is 31.6. The predicted octanol–water partition coefficient (Wildman–Crippen LogP) is 6.91. The van der Waals surface area contributed by atoms with Crippen molar-refractivity contribution in [3.8, 4) is 23.0 Å². The highest BCUT2D eigenvalue weighted by Gasteiger charge is 2.71. The van der Waals surface area contributed by atoms with Crippen LogP contribution in [0.25, 0.3) is 0 Å². The molecule has 4 amide bonds. The lowest BCUT2D eigenvalue weighted by atomic mass is 9.49. The van der Waals surface area contributed by atoms with Crippen LogP contribution < -0.4 is 19.6 Å². The van der Waals surface area contributed by atoms with Crippen LogP contribution in [0.3, 0.4) is 0 Å². The molecule has 4 aliphatic rings. The van der Waals surface area contributed by atoms with Gasteiger partial charge in [-0.1, -0.05) is 77.3 Å². The number of amides is 4. The van der Waals surface area contributed by atoms with Crippen molar-refractivity contribution in [2.45, 2.75) is 30.7 Å². The van der Waals surface area contributed by atoms with Crippen LogP contribution in [0.4, 0.5) is 5.69 Å². The number of methoxy groups -OCH3 is 3. The molecule has 0 radical (unpaired) electrons. The van der Waals surface area contributed by atoms with Crippen LogP contribution in [0.15, 0.2) is 96.6 Å². The third-order valence-corrected chi connectivity index (χ3v) is 12.2. The average molecular weight is 783 g/mol. The van der Waals surface area contributed by atoms with Gasteiger partial charge in [0.25, 0.3) is 11.8 Å². The van der Waals surface area contributed by atoms with Gasteiger partial charge in [0.05, 0.1) is 61.8 Å². The molecular formula is C42H37Cl2N3O8. The number of carbonyl (C=O) groups is 4. The summed E-state index contributed by atoms with van der Waals surface area (Å²) in [6, 6.07) is 23.8. The maximum atomic E-state index is 15.6. The fourth-order valence-corrected chi connectivity index (χ4v) is 9.80. The van der Waals surface area contributed by atoms with E-state index in [2.05, 4.69) is 5.43 Å². The highest BCUT2D eigenvalue weighted by Crippen LogP contribution is 2.66. The summed E-state index contributed by atoms with van der Waals surface area (Å²) in [6.07, 6.45) is 2.26. The molecule has 0 unspecified atom stereocenters. The van der Waals surface area contributed by atoms with E-state index < -0.39 is 46.8 Å². The first kappa shape index (κ1) is 36.5. The van der Waals surface area contributed by atoms with Crippen molar-refractivity contribution in [2.24, 2.45) is 23.7 Å². The number of allylic oxidation sites excluding steroid dienone is 2. The smallest absolute Gasteiger partial charge is 0.260 e. The van der Waals surface area contributed by atoms with E-state index in [-0.39, 0.29) is 59.2 Å². The molecule has 0 bridgehead atoms. The highest BCUT2D eigenvalue weighted by molar-refractivity contribution is 6.36. The topological polar surface area (TPSA) is 135 Å². The van der Waals surface area contributed by atoms with Gasteiger partial charge in [0.2, 0.25) is 11.8 Å². The molecule has 2 aliphatic heterocycles. The molecule has 282 valence electrons. The van der Waals surface area contributed by atoms with Gasteiger partial charge in [-0.05, 0) is 60.2 Å². The van der Waals surface area contributed by atoms with E-state index in [1.165, 1.54) is 44.4 Å². The van der Waals surface area contributed by atoms with Crippen LogP contribution in [0.2, 0.25) is 10.0 Å². The van der Waals surface area contributed by atoms with Crippen molar-refractivity contribution >= 4 is 52.5 Å². The Balaban J connectivity index is 1.36. The van der Waals surface area contributed by atoms with Gasteiger partial charge in [-0.15, -0.1) is 0 Å². The summed E-state index contributed by atoms with van der Waals surface area (Å²) < 4.78 is 17.3. The van der Waals surface area contributed by atoms with Gasteiger partial charge >= 0.3 is 0 Å². The molecule has 0 spiro atoms. The van der Waals surface area contributed by atoms with Crippen molar-refractivity contribution in [3.63, 3.8) is 0 Å². The molecule has 3 fully saturated rings. The molecule has 2 heterocycles. The van der Waals surface area contributed by atoms with E-state index in [0.717, 1.165) is 10.6 Å². The monoisotopic (exact) mass is 781 g/mol. The third-order valence-electron chi connectivity index (χ3n) is 11.7. The molecule has 4 aromatic carbocycles. The third kappa shape index (κ3) is 5.62. The van der Waals surface area contributed by atoms with Crippen molar-refractivity contribution in [3.05, 3.63) is 123 Å². The molecule has 8 rings (SSSR count). The Labute approximate surface area is 327 Å². The summed E-state index contributed by atoms with van der Waals surface area (Å²) in [6.45, 7) is 0.118. The van der Waals surface area contributed by atoms with E-state index in [0.29, 0.717) is 27.5 Å². The van der Waals surface area contributed by atoms with Gasteiger partial charge in [0, 0.05) is 28.6 Å². The van der Waals surface area contributed by atoms with Crippen LogP contribution in [0.1, 0.15) is 35.4 Å². The first-order valence-electron chi connectivity index (χ1n) is 17.8. The van der Waals surface area contributed by atoms with Crippen molar-refractivity contribution < 1.29 is 38.5 Å². The van der Waals surface area contributed by atoms with Gasteiger partial charge in [0.15, 0.2) is 0 Å². The number of hydrogen-bond donors (Lipinski definition) is 2. The quantitative estimate of drug-likeness (QED) is 0.137. The minimum Gasteiger partial charge on any atom is -0.508 e. The molecule has 6 atom stereocenters. The number of rotatable bonds is 9. The summed E-state index contributed by atoms with van der Waals surface area (Å²) in [5.74, 6) is -5.02. The number of halogens is 2. The molecule has 1 saturated carbocycles. The number of phenols is 1. The van der Waals surface area contributed by atoms with Gasteiger partial charge in [-0.2, -0.15) is 5.01 Å². The number of fused-ring (bicyclic) bond motifs is 4. The number of nitrogens with zero attached hydrogens (tertiary/aromatic N) is 2. The molecule has 0 aromatic heterocycles. The largest absolute Gasteiger partial charge is 0.508 e. The zero-order valence-electron chi connectivity index (χ0n) is 30.1. The summed E-state index contributed by atoms with van der Waals surface area (Å²) in [5, 5.41) is 12.3. The first-order valence-corrected chi connectivity index (χ1v) is 18.6. The lowest BCUT2D eigenvalue weighted by molar-refractivity contribution is -0.142. The van der Waals surface area contributed by atoms with E-state index in [1.807, 2.05) is 36.4 Å². The lowest BCUT2D eigenvalue weighted by Gasteiger charge is -2.51. The van der Waals surface area contributed by atoms with Crippen molar-refractivity contribution in [2.75, 3.05) is 26.8 Å². The second-order valence-electron chi connectivity index (χ2n) is 14.2. The average Bonchev–Trinajstić information content (AvgIpc) is 3.56. The number of anilines is 1. The van der Waals surface area contributed by atoms with Gasteiger partial charge in [0.1, 0.15) is 23.0 Å². The summed E-state index contributed by atoms with van der Waals surface area (Å²) in [5.41, 5.74) is 4.04. The lowest BCUT2D eigenvalue weighted by Crippen LogP contribution is -2.53. The normalized spacial score (nSPS) is 25.6. The molecular weight excluding hydrogens is 745 g/mol. The zero-order chi connectivity index (χ0) is 38.8. The summed E-state index contributed by atoms with van der Waals surface area (Å²) in [7, 11) is 4.42. The fraction of sp³-hybridized carbons (Fsp3) is 0.286. The minimum atomic E-state index is -1.66. The van der Waals surface area contributed by atoms with Gasteiger partial charge in [-0.3, -0.25) is 29.5 Å². The number of phenolic OH excluding ortho intramolecular Hbond substituents is 1. The first-order chi connectivity index (χ1) is 26.5. The number of aromatic hydroxyl groups is 1. The number of nitrogens with one attached hydrogen (secondary N) is 1. The van der Waals surface area contributed by atoms with E-state index in [4.69, 9.17) is 37.4 Å². The molecule has 55 heavy (non-hydrogen) atoms. The standard InChI is InChI=1S/C42H37Cl2N3O8/c1-53-26-12-9-23(10-13-26)42-30(39(50)47(41(42)52)45-32-16-11-24(43)17-31(32)44)20-29-27(37(42)36-33(54-2)18-25(48)19-34(36)55-3)14-15-28-35(29)40(51)46(38(28)49)21-22-7-5-4-6-8-22/h4-14,16-19,28-30,35,37,45,48H,15,20-21H2,1-3H3/t28-,29+,30-,35-,37+,42+/m0/s1. The van der Waals surface area contributed by atoms with Crippen molar-refractivity contribution in [1.29, 1.82) is 0 Å². The number of carbonyl (C=O) groups excluding carboxylic acids is 4. The highest BCUT2D eigenvalue weighted by atomic mass is 35.5. The fourth-order valence-electron chi connectivity index (χ4n) is 9.35. The number of ether oxygens (including phenoxy) is 3. The maximum Gasteiger partial charge on any atom is 0.260 e. The summed E-state index contributed by atoms with van der Waals surface area (Å²) >= 11 is 12.8. The second kappa shape index (κ2) is 14.0. The van der Waals surface area contributed by atoms with E-state index in [1.54, 1.807) is 36.4 Å². The molecule has 13 heteroatoms. The number of hydrogen-bond acceptors (Lipinski definition) is 9. The Kier molecular flexibility index (Phi) is 9.25. The second-order valence-corrected chi connectivity index (χ2v) is 15.1. The Morgan fingerprint density at radius 2 is 1.51 bits per heavy atom. The Morgan fingerprint density at radius 1 is 0.818 bits per heavy atom. The number of likely N-dealkylation sites (tertiary alicyclic amines) is 1. The van der Waals surface area contributed by atoms with Crippen LogP contribution in [-0.2, 0) is 31.1 Å².